The molecule has 1 aromatic rings. The average molecular weight is 387 g/mol. The number of methoxy groups -OCH3 is 1. The molecular weight excluding hydrogens is 362 g/mol. The van der Waals surface area contributed by atoms with Gasteiger partial charge in [-0.2, -0.15) is 0 Å². The SMILES string of the molecule is COC(=O)[C@H](CC1CC1)NC(=O)C[C@@H]1NC(=O)[C@H](Cc2ccccc2)NC1=O. The van der Waals surface area contributed by atoms with Gasteiger partial charge >= 0.3 is 5.97 Å². The summed E-state index contributed by atoms with van der Waals surface area (Å²) in [5.74, 6) is -1.30. The van der Waals surface area contributed by atoms with Crippen molar-refractivity contribution >= 4 is 23.7 Å². The quantitative estimate of drug-likeness (QED) is 0.546. The predicted octanol–water partition coefficient (Wildman–Crippen LogP) is 0.0603. The van der Waals surface area contributed by atoms with Crippen molar-refractivity contribution in [1.29, 1.82) is 0 Å². The smallest absolute Gasteiger partial charge is 0.328 e. The van der Waals surface area contributed by atoms with E-state index in [0.29, 0.717) is 18.8 Å². The van der Waals surface area contributed by atoms with E-state index in [4.69, 9.17) is 4.74 Å². The van der Waals surface area contributed by atoms with Crippen LogP contribution in [0.2, 0.25) is 0 Å². The maximum absolute atomic E-state index is 12.3. The fourth-order valence-electron chi connectivity index (χ4n) is 3.29. The minimum Gasteiger partial charge on any atom is -0.467 e. The molecule has 8 nitrogen and oxygen atoms in total. The molecule has 0 bridgehead atoms. The molecule has 3 amide bonds. The van der Waals surface area contributed by atoms with Gasteiger partial charge < -0.3 is 20.7 Å². The van der Waals surface area contributed by atoms with E-state index in [9.17, 15) is 19.2 Å². The summed E-state index contributed by atoms with van der Waals surface area (Å²) in [4.78, 5) is 48.8. The minimum atomic E-state index is -0.959. The summed E-state index contributed by atoms with van der Waals surface area (Å²) >= 11 is 0. The largest absolute Gasteiger partial charge is 0.467 e. The fourth-order valence-corrected chi connectivity index (χ4v) is 3.29. The summed E-state index contributed by atoms with van der Waals surface area (Å²) < 4.78 is 4.74. The summed E-state index contributed by atoms with van der Waals surface area (Å²) in [6, 6.07) is 7.01. The van der Waals surface area contributed by atoms with Gasteiger partial charge in [0, 0.05) is 6.42 Å². The Morgan fingerprint density at radius 3 is 2.39 bits per heavy atom. The Morgan fingerprint density at radius 2 is 1.75 bits per heavy atom. The molecule has 28 heavy (non-hydrogen) atoms. The number of piperazine rings is 1. The van der Waals surface area contributed by atoms with E-state index in [-0.39, 0.29) is 12.3 Å². The molecule has 2 aliphatic rings. The van der Waals surface area contributed by atoms with Crippen molar-refractivity contribution in [3.05, 3.63) is 35.9 Å². The number of carbonyl (C=O) groups is 4. The van der Waals surface area contributed by atoms with Gasteiger partial charge in [0.2, 0.25) is 17.7 Å². The van der Waals surface area contributed by atoms with Gasteiger partial charge in [0.25, 0.3) is 0 Å². The number of carbonyl (C=O) groups excluding carboxylic acids is 4. The van der Waals surface area contributed by atoms with Crippen LogP contribution in [0, 0.1) is 5.92 Å². The van der Waals surface area contributed by atoms with E-state index in [1.165, 1.54) is 7.11 Å². The molecule has 1 aromatic carbocycles. The lowest BCUT2D eigenvalue weighted by atomic mass is 10.0. The van der Waals surface area contributed by atoms with Crippen molar-refractivity contribution in [2.75, 3.05) is 7.11 Å². The van der Waals surface area contributed by atoms with Crippen molar-refractivity contribution in [2.45, 2.75) is 50.2 Å². The van der Waals surface area contributed by atoms with Gasteiger partial charge in [0.15, 0.2) is 0 Å². The monoisotopic (exact) mass is 387 g/mol. The molecule has 1 heterocycles. The zero-order chi connectivity index (χ0) is 20.1. The number of benzene rings is 1. The first-order chi connectivity index (χ1) is 13.5. The van der Waals surface area contributed by atoms with Crippen LogP contribution in [0.25, 0.3) is 0 Å². The highest BCUT2D eigenvalue weighted by atomic mass is 16.5. The summed E-state index contributed by atoms with van der Waals surface area (Å²) in [7, 11) is 1.27. The highest BCUT2D eigenvalue weighted by Crippen LogP contribution is 2.33. The molecule has 2 fully saturated rings. The third-order valence-corrected chi connectivity index (χ3v) is 5.03. The van der Waals surface area contributed by atoms with Crippen LogP contribution in [0.5, 0.6) is 0 Å². The van der Waals surface area contributed by atoms with Crippen molar-refractivity contribution in [1.82, 2.24) is 16.0 Å². The molecule has 1 aliphatic heterocycles. The fraction of sp³-hybridized carbons (Fsp3) is 0.500. The van der Waals surface area contributed by atoms with Gasteiger partial charge in [-0.1, -0.05) is 43.2 Å². The van der Waals surface area contributed by atoms with Crippen molar-refractivity contribution in [3.63, 3.8) is 0 Å². The Hall–Kier alpha value is -2.90. The molecule has 3 N–H and O–H groups in total. The second-order valence-corrected chi connectivity index (χ2v) is 7.34. The van der Waals surface area contributed by atoms with Crippen LogP contribution in [0.4, 0.5) is 0 Å². The number of esters is 1. The Labute approximate surface area is 163 Å². The molecule has 0 radical (unpaired) electrons. The van der Waals surface area contributed by atoms with E-state index in [0.717, 1.165) is 18.4 Å². The molecule has 3 atom stereocenters. The lowest BCUT2D eigenvalue weighted by Gasteiger charge is -2.29. The molecule has 0 spiro atoms. The van der Waals surface area contributed by atoms with Crippen LogP contribution in [0.3, 0.4) is 0 Å². The molecule has 0 unspecified atom stereocenters. The van der Waals surface area contributed by atoms with E-state index < -0.39 is 35.9 Å². The molecule has 8 heteroatoms. The highest BCUT2D eigenvalue weighted by molar-refractivity contribution is 5.99. The summed E-state index contributed by atoms with van der Waals surface area (Å²) in [5.41, 5.74) is 0.931. The standard InChI is InChI=1S/C20H25N3O5/c1-28-20(27)16(10-13-7-8-13)21-17(24)11-15-19(26)22-14(18(25)23-15)9-12-5-3-2-4-6-12/h2-6,13-16H,7-11H2,1H3,(H,21,24)(H,22,26)(H,23,25)/t14-,15-,16-/m0/s1. The molecule has 1 saturated heterocycles. The molecular formula is C20H25N3O5. The summed E-state index contributed by atoms with van der Waals surface area (Å²) in [5, 5.41) is 7.91. The number of ether oxygens (including phenoxy) is 1. The number of rotatable bonds is 8. The lowest BCUT2D eigenvalue weighted by Crippen LogP contribution is -2.63. The topological polar surface area (TPSA) is 114 Å². The van der Waals surface area contributed by atoms with E-state index in [2.05, 4.69) is 16.0 Å². The van der Waals surface area contributed by atoms with E-state index in [1.54, 1.807) is 0 Å². The normalized spacial score (nSPS) is 22.6. The molecule has 1 aliphatic carbocycles. The van der Waals surface area contributed by atoms with Crippen LogP contribution in [0.15, 0.2) is 30.3 Å². The zero-order valence-electron chi connectivity index (χ0n) is 15.8. The molecule has 1 saturated carbocycles. The maximum Gasteiger partial charge on any atom is 0.328 e. The number of amides is 3. The van der Waals surface area contributed by atoms with Crippen LogP contribution >= 0.6 is 0 Å². The Bertz CT molecular complexity index is 747. The van der Waals surface area contributed by atoms with Gasteiger partial charge in [-0.15, -0.1) is 0 Å². The highest BCUT2D eigenvalue weighted by Gasteiger charge is 2.36. The van der Waals surface area contributed by atoms with Crippen LogP contribution in [-0.2, 0) is 30.3 Å². The third kappa shape index (κ3) is 5.31. The number of hydrogen-bond acceptors (Lipinski definition) is 5. The molecule has 150 valence electrons. The summed E-state index contributed by atoms with van der Waals surface area (Å²) in [6.45, 7) is 0. The van der Waals surface area contributed by atoms with Gasteiger partial charge in [-0.05, 0) is 17.9 Å². The van der Waals surface area contributed by atoms with E-state index in [1.807, 2.05) is 30.3 Å². The number of nitrogens with one attached hydrogen (secondary N) is 3. The van der Waals surface area contributed by atoms with Crippen LogP contribution in [0.1, 0.15) is 31.2 Å². The van der Waals surface area contributed by atoms with Gasteiger partial charge in [-0.25, -0.2) is 4.79 Å². The van der Waals surface area contributed by atoms with Crippen LogP contribution < -0.4 is 16.0 Å². The second kappa shape index (κ2) is 8.86. The van der Waals surface area contributed by atoms with Gasteiger partial charge in [-0.3, -0.25) is 14.4 Å². The van der Waals surface area contributed by atoms with Crippen molar-refractivity contribution in [3.8, 4) is 0 Å². The molecule has 3 rings (SSSR count). The Balaban J connectivity index is 1.53. The third-order valence-electron chi connectivity index (χ3n) is 5.03. The Kier molecular flexibility index (Phi) is 6.28. The summed E-state index contributed by atoms with van der Waals surface area (Å²) in [6.07, 6.45) is 2.75. The van der Waals surface area contributed by atoms with Gasteiger partial charge in [0.05, 0.1) is 13.5 Å². The predicted molar refractivity (Wildman–Crippen MR) is 99.9 cm³/mol. The molecule has 0 aromatic heterocycles. The van der Waals surface area contributed by atoms with Gasteiger partial charge in [0.1, 0.15) is 18.1 Å². The van der Waals surface area contributed by atoms with Crippen molar-refractivity contribution in [2.24, 2.45) is 5.92 Å². The first-order valence-electron chi connectivity index (χ1n) is 9.48. The zero-order valence-corrected chi connectivity index (χ0v) is 15.8. The Morgan fingerprint density at radius 1 is 1.11 bits per heavy atom. The lowest BCUT2D eigenvalue weighted by molar-refractivity contribution is -0.145. The van der Waals surface area contributed by atoms with E-state index >= 15 is 0 Å². The number of hydrogen-bond donors (Lipinski definition) is 3. The average Bonchev–Trinajstić information content (AvgIpc) is 3.49. The first kappa shape index (κ1) is 19.9. The maximum atomic E-state index is 12.3. The minimum absolute atomic E-state index is 0.228. The second-order valence-electron chi connectivity index (χ2n) is 7.34. The first-order valence-corrected chi connectivity index (χ1v) is 9.48. The van der Waals surface area contributed by atoms with Crippen molar-refractivity contribution < 1.29 is 23.9 Å². The van der Waals surface area contributed by atoms with Crippen LogP contribution in [-0.4, -0.2) is 48.9 Å².